The highest BCUT2D eigenvalue weighted by atomic mass is 32.1. The molecule has 1 N–H and O–H groups in total. The van der Waals surface area contributed by atoms with E-state index in [0.29, 0.717) is 0 Å². The van der Waals surface area contributed by atoms with Crippen molar-refractivity contribution in [2.45, 2.75) is 24.5 Å². The molecule has 0 aliphatic carbocycles. The molecule has 0 fully saturated rings. The third kappa shape index (κ3) is 3.02. The molecule has 0 spiro atoms. The predicted molar refractivity (Wildman–Crippen MR) is 51.3 cm³/mol. The summed E-state index contributed by atoms with van der Waals surface area (Å²) in [5.41, 5.74) is 0. The van der Waals surface area contributed by atoms with Crippen molar-refractivity contribution in [1.82, 2.24) is 0 Å². The van der Waals surface area contributed by atoms with Gasteiger partial charge in [0, 0.05) is 6.42 Å². The molecule has 1 unspecified atom stereocenters. The van der Waals surface area contributed by atoms with Gasteiger partial charge in [0.25, 0.3) is 0 Å². The number of carbonyl (C=O) groups excluding carboxylic acids is 2. The van der Waals surface area contributed by atoms with Crippen LogP contribution >= 0.6 is 12.6 Å². The van der Waals surface area contributed by atoms with Gasteiger partial charge in [-0.1, -0.05) is 0 Å². The van der Waals surface area contributed by atoms with E-state index in [-0.39, 0.29) is 12.8 Å². The number of esters is 1. The van der Waals surface area contributed by atoms with Gasteiger partial charge in [-0.25, -0.2) is 0 Å². The normalized spacial score (nSPS) is 14.2. The topological polar surface area (TPSA) is 80.7 Å². The minimum absolute atomic E-state index is 0.147. The van der Waals surface area contributed by atoms with Crippen molar-refractivity contribution in [3.8, 4) is 0 Å². The molecule has 14 heavy (non-hydrogen) atoms. The maximum Gasteiger partial charge on any atom is 0.327 e. The molecule has 0 saturated heterocycles. The predicted octanol–water partition coefficient (Wildman–Crippen LogP) is 0.282. The van der Waals surface area contributed by atoms with E-state index in [2.05, 4.69) is 17.4 Å². The fourth-order valence-electron chi connectivity index (χ4n) is 0.819. The smallest absolute Gasteiger partial charge is 0.327 e. The zero-order valence-electron chi connectivity index (χ0n) is 7.94. The molecule has 1 atom stereocenters. The summed E-state index contributed by atoms with van der Waals surface area (Å²) in [4.78, 5) is 32.5. The van der Waals surface area contributed by atoms with Crippen LogP contribution < -0.4 is 0 Å². The van der Waals surface area contributed by atoms with E-state index >= 15 is 0 Å². The molecule has 5 nitrogen and oxygen atoms in total. The average Bonchev–Trinajstić information content (AvgIpc) is 2.12. The number of thiol groups is 1. The highest BCUT2D eigenvalue weighted by Crippen LogP contribution is 2.23. The second-order valence-corrected chi connectivity index (χ2v) is 3.56. The second-order valence-electron chi connectivity index (χ2n) is 2.80. The van der Waals surface area contributed by atoms with Crippen LogP contribution in [-0.4, -0.2) is 34.7 Å². The molecule has 0 aromatic carbocycles. The van der Waals surface area contributed by atoms with Gasteiger partial charge in [-0.05, 0) is 13.3 Å². The quantitative estimate of drug-likeness (QED) is 0.395. The number of methoxy groups -OCH3 is 1. The lowest BCUT2D eigenvalue weighted by atomic mass is 9.98. The van der Waals surface area contributed by atoms with E-state index in [9.17, 15) is 14.4 Å². The largest absolute Gasteiger partial charge is 0.480 e. The van der Waals surface area contributed by atoms with Gasteiger partial charge in [0.2, 0.25) is 0 Å². The number of ether oxygens (including phenoxy) is 1. The number of carbonyl (C=O) groups is 3. The van der Waals surface area contributed by atoms with E-state index < -0.39 is 22.5 Å². The molecule has 0 aromatic rings. The first kappa shape index (κ1) is 13.0. The molecule has 0 radical (unpaired) electrons. The van der Waals surface area contributed by atoms with Crippen LogP contribution in [0, 0.1) is 0 Å². The van der Waals surface area contributed by atoms with Crippen molar-refractivity contribution in [3.05, 3.63) is 0 Å². The molecule has 80 valence electrons. The number of hydrogen-bond donors (Lipinski definition) is 2. The Kier molecular flexibility index (Phi) is 4.62. The van der Waals surface area contributed by atoms with Gasteiger partial charge in [0.05, 0.1) is 7.11 Å². The third-order valence-corrected chi connectivity index (χ3v) is 2.58. The highest BCUT2D eigenvalue weighted by molar-refractivity contribution is 7.83. The van der Waals surface area contributed by atoms with Gasteiger partial charge in [-0.15, -0.1) is 0 Å². The number of ketones is 1. The lowest BCUT2D eigenvalue weighted by molar-refractivity contribution is -0.144. The van der Waals surface area contributed by atoms with E-state index in [1.165, 1.54) is 7.11 Å². The Balaban J connectivity index is 4.47. The maximum atomic E-state index is 11.0. The lowest BCUT2D eigenvalue weighted by Gasteiger charge is -2.19. The molecule has 6 heteroatoms. The SMILES string of the molecule is COC(=O)CCC(S)(C(C)=O)C(=O)O. The Morgan fingerprint density at radius 1 is 1.43 bits per heavy atom. The van der Waals surface area contributed by atoms with Crippen molar-refractivity contribution in [2.75, 3.05) is 7.11 Å². The molecular formula is C8H12O5S. The van der Waals surface area contributed by atoms with Crippen LogP contribution in [0.2, 0.25) is 0 Å². The van der Waals surface area contributed by atoms with Gasteiger partial charge >= 0.3 is 11.9 Å². The molecule has 0 saturated carbocycles. The van der Waals surface area contributed by atoms with E-state index in [1.807, 2.05) is 0 Å². The minimum atomic E-state index is -1.80. The number of aliphatic carboxylic acids is 1. The van der Waals surface area contributed by atoms with Crippen LogP contribution in [0.15, 0.2) is 0 Å². The van der Waals surface area contributed by atoms with Gasteiger partial charge in [-0.2, -0.15) is 12.6 Å². The minimum Gasteiger partial charge on any atom is -0.480 e. The van der Waals surface area contributed by atoms with Crippen molar-refractivity contribution < 1.29 is 24.2 Å². The summed E-state index contributed by atoms with van der Waals surface area (Å²) in [6, 6.07) is 0. The van der Waals surface area contributed by atoms with Gasteiger partial charge in [-0.3, -0.25) is 14.4 Å². The number of hydrogen-bond acceptors (Lipinski definition) is 5. The first-order chi connectivity index (χ1) is 6.34. The molecular weight excluding hydrogens is 208 g/mol. The van der Waals surface area contributed by atoms with Crippen LogP contribution in [0.5, 0.6) is 0 Å². The Morgan fingerprint density at radius 2 is 1.93 bits per heavy atom. The maximum absolute atomic E-state index is 11.0. The average molecular weight is 220 g/mol. The monoisotopic (exact) mass is 220 g/mol. The molecule has 0 amide bonds. The number of rotatable bonds is 5. The van der Waals surface area contributed by atoms with E-state index in [4.69, 9.17) is 5.11 Å². The summed E-state index contributed by atoms with van der Waals surface area (Å²) in [5.74, 6) is -2.51. The van der Waals surface area contributed by atoms with Crippen LogP contribution in [0.25, 0.3) is 0 Å². The van der Waals surface area contributed by atoms with Crippen LogP contribution in [0.4, 0.5) is 0 Å². The standard InChI is InChI=1S/C8H12O5S/c1-5(9)8(14,7(11)12)4-3-6(10)13-2/h14H,3-4H2,1-2H3,(H,11,12). The Bertz CT molecular complexity index is 246. The number of carboxylic acids is 1. The third-order valence-electron chi connectivity index (χ3n) is 1.85. The molecule has 0 rings (SSSR count). The van der Waals surface area contributed by atoms with Gasteiger partial charge in [0.1, 0.15) is 0 Å². The number of carboxylic acid groups (broad SMARTS) is 1. The molecule has 0 aliphatic rings. The fraction of sp³-hybridized carbons (Fsp3) is 0.625. The summed E-state index contributed by atoms with van der Waals surface area (Å²) in [6.07, 6.45) is -0.320. The fourth-order valence-corrected chi connectivity index (χ4v) is 0.930. The summed E-state index contributed by atoms with van der Waals surface area (Å²) in [5, 5.41) is 8.74. The highest BCUT2D eigenvalue weighted by Gasteiger charge is 2.39. The van der Waals surface area contributed by atoms with Crippen LogP contribution in [-0.2, 0) is 19.1 Å². The van der Waals surface area contributed by atoms with Crippen molar-refractivity contribution in [2.24, 2.45) is 0 Å². The van der Waals surface area contributed by atoms with Crippen molar-refractivity contribution in [3.63, 3.8) is 0 Å². The molecule has 0 aliphatic heterocycles. The van der Waals surface area contributed by atoms with Crippen LogP contribution in [0.1, 0.15) is 19.8 Å². The first-order valence-corrected chi connectivity index (χ1v) is 4.33. The summed E-state index contributed by atoms with van der Waals surface area (Å²) >= 11 is 3.77. The van der Waals surface area contributed by atoms with E-state index in [0.717, 1.165) is 6.92 Å². The summed E-state index contributed by atoms with van der Waals surface area (Å²) in [6.45, 7) is 1.12. The zero-order chi connectivity index (χ0) is 11.4. The summed E-state index contributed by atoms with van der Waals surface area (Å²) in [7, 11) is 1.19. The Hall–Kier alpha value is -1.04. The number of Topliss-reactive ketones (excluding diaryl/α,β-unsaturated/α-hetero) is 1. The Morgan fingerprint density at radius 3 is 2.21 bits per heavy atom. The second kappa shape index (κ2) is 4.99. The zero-order valence-corrected chi connectivity index (χ0v) is 8.84. The first-order valence-electron chi connectivity index (χ1n) is 3.88. The van der Waals surface area contributed by atoms with Crippen molar-refractivity contribution in [1.29, 1.82) is 0 Å². The van der Waals surface area contributed by atoms with Gasteiger partial charge < -0.3 is 9.84 Å². The molecule has 0 bridgehead atoms. The Labute approximate surface area is 86.8 Å². The van der Waals surface area contributed by atoms with Crippen molar-refractivity contribution >= 4 is 30.4 Å². The van der Waals surface area contributed by atoms with Gasteiger partial charge in [0.15, 0.2) is 10.5 Å². The van der Waals surface area contributed by atoms with E-state index in [1.54, 1.807) is 0 Å². The molecule has 0 aromatic heterocycles. The molecule has 0 heterocycles. The lowest BCUT2D eigenvalue weighted by Crippen LogP contribution is -2.40. The summed E-state index contributed by atoms with van der Waals surface area (Å²) < 4.78 is 2.53. The van der Waals surface area contributed by atoms with Crippen LogP contribution in [0.3, 0.4) is 0 Å².